The lowest BCUT2D eigenvalue weighted by Crippen LogP contribution is -2.24. The lowest BCUT2D eigenvalue weighted by atomic mass is 10.5. The number of carbonyl (C=O) groups is 2. The lowest BCUT2D eigenvalue weighted by Gasteiger charge is -2.08. The maximum Gasteiger partial charge on any atom is 0.332 e. The molecular formula is C8H12O10S2. The van der Waals surface area contributed by atoms with Gasteiger partial charge in [-0.05, 0) is 13.8 Å². The highest BCUT2D eigenvalue weighted by Gasteiger charge is 2.22. The molecule has 0 aliphatic carbocycles. The summed E-state index contributed by atoms with van der Waals surface area (Å²) in [7, 11) is -9.16. The van der Waals surface area contributed by atoms with E-state index >= 15 is 0 Å². The van der Waals surface area contributed by atoms with Gasteiger partial charge in [0.15, 0.2) is 0 Å². The monoisotopic (exact) mass is 332 g/mol. The van der Waals surface area contributed by atoms with Gasteiger partial charge in [0, 0.05) is 12.2 Å². The quantitative estimate of drug-likeness (QED) is 0.354. The molecule has 0 spiro atoms. The Bertz CT molecular complexity index is 545. The zero-order valence-electron chi connectivity index (χ0n) is 10.3. The van der Waals surface area contributed by atoms with Crippen LogP contribution in [0, 0.1) is 0 Å². The summed E-state index contributed by atoms with van der Waals surface area (Å²) in [6, 6.07) is 0. The summed E-state index contributed by atoms with van der Waals surface area (Å²) in [5.74, 6) is -2.57. The van der Waals surface area contributed by atoms with E-state index in [4.69, 9.17) is 9.11 Å². The number of hydrogen-bond acceptors (Lipinski definition) is 8. The Morgan fingerprint density at radius 3 is 1.30 bits per heavy atom. The van der Waals surface area contributed by atoms with Gasteiger partial charge in [-0.2, -0.15) is 16.8 Å². The molecule has 12 heteroatoms. The molecule has 0 radical (unpaired) electrons. The number of carbonyl (C=O) groups excluding carboxylic acids is 2. The molecule has 0 fully saturated rings. The van der Waals surface area contributed by atoms with E-state index < -0.39 is 43.0 Å². The van der Waals surface area contributed by atoms with Crippen LogP contribution >= 0.6 is 0 Å². The highest BCUT2D eigenvalue weighted by Crippen LogP contribution is 2.02. The molecule has 20 heavy (non-hydrogen) atoms. The van der Waals surface area contributed by atoms with Crippen molar-refractivity contribution in [2.24, 2.45) is 0 Å². The van der Waals surface area contributed by atoms with Crippen molar-refractivity contribution in [2.45, 2.75) is 24.7 Å². The fourth-order valence-electron chi connectivity index (χ4n) is 0.663. The third-order valence-electron chi connectivity index (χ3n) is 1.76. The van der Waals surface area contributed by atoms with Crippen LogP contribution in [0.4, 0.5) is 0 Å². The van der Waals surface area contributed by atoms with E-state index in [9.17, 15) is 26.4 Å². The van der Waals surface area contributed by atoms with Crippen molar-refractivity contribution >= 4 is 32.2 Å². The largest absolute Gasteiger partial charge is 0.440 e. The van der Waals surface area contributed by atoms with E-state index in [0.717, 1.165) is 13.8 Å². The molecule has 116 valence electrons. The molecule has 0 aliphatic heterocycles. The van der Waals surface area contributed by atoms with E-state index in [0.29, 0.717) is 12.2 Å². The lowest BCUT2D eigenvalue weighted by molar-refractivity contribution is -0.141. The first-order valence-corrected chi connectivity index (χ1v) is 7.86. The van der Waals surface area contributed by atoms with Crippen LogP contribution < -0.4 is 0 Å². The fourth-order valence-corrected chi connectivity index (χ4v) is 1.10. The summed E-state index contributed by atoms with van der Waals surface area (Å²) in [5.41, 5.74) is -3.68. The minimum Gasteiger partial charge on any atom is -0.440 e. The summed E-state index contributed by atoms with van der Waals surface area (Å²) in [6.07, 6.45) is 0.918. The third kappa shape index (κ3) is 7.18. The van der Waals surface area contributed by atoms with Gasteiger partial charge in [-0.3, -0.25) is 9.11 Å². The Kier molecular flexibility index (Phi) is 6.28. The predicted octanol–water partition coefficient (Wildman–Crippen LogP) is -0.903. The normalized spacial score (nSPS) is 15.6. The van der Waals surface area contributed by atoms with Gasteiger partial charge in [0.2, 0.25) is 10.9 Å². The van der Waals surface area contributed by atoms with Crippen LogP contribution in [0.25, 0.3) is 0 Å². The van der Waals surface area contributed by atoms with Gasteiger partial charge in [0.05, 0.1) is 0 Å². The molecule has 0 aromatic heterocycles. The molecule has 0 aliphatic rings. The first-order valence-electron chi connectivity index (χ1n) is 4.86. The van der Waals surface area contributed by atoms with Crippen molar-refractivity contribution in [2.75, 3.05) is 0 Å². The van der Waals surface area contributed by atoms with Gasteiger partial charge in [-0.15, -0.1) is 0 Å². The molecule has 2 unspecified atom stereocenters. The fraction of sp³-hybridized carbons (Fsp3) is 0.500. The molecule has 0 heterocycles. The van der Waals surface area contributed by atoms with Crippen LogP contribution in [0.5, 0.6) is 0 Å². The standard InChI is InChI=1S/C8H12O10S2/c1-5(19(11,12)13)17-7(9)3-4-8(10)18-6(2)20(14,15)16/h3-6H,1-2H3,(H,11,12,13)(H,14,15,16)/b4-3+. The molecule has 0 bridgehead atoms. The number of rotatable bonds is 6. The van der Waals surface area contributed by atoms with Gasteiger partial charge in [-0.25, -0.2) is 9.59 Å². The van der Waals surface area contributed by atoms with Gasteiger partial charge >= 0.3 is 32.2 Å². The Hall–Kier alpha value is -1.50. The maximum atomic E-state index is 11.0. The van der Waals surface area contributed by atoms with Gasteiger partial charge < -0.3 is 9.47 Å². The molecule has 0 aromatic rings. The molecule has 0 amide bonds. The Morgan fingerprint density at radius 2 is 1.10 bits per heavy atom. The second kappa shape index (κ2) is 6.78. The Balaban J connectivity index is 4.51. The number of ether oxygens (including phenoxy) is 2. The van der Waals surface area contributed by atoms with Crippen LogP contribution in [-0.2, 0) is 39.3 Å². The molecule has 0 saturated carbocycles. The second-order valence-electron chi connectivity index (χ2n) is 3.37. The Morgan fingerprint density at radius 1 is 0.850 bits per heavy atom. The van der Waals surface area contributed by atoms with Crippen LogP contribution in [0.2, 0.25) is 0 Å². The summed E-state index contributed by atoms with van der Waals surface area (Å²) in [6.45, 7) is 1.75. The highest BCUT2D eigenvalue weighted by molar-refractivity contribution is 7.86. The van der Waals surface area contributed by atoms with Crippen molar-refractivity contribution in [3.05, 3.63) is 12.2 Å². The minimum atomic E-state index is -4.58. The average Bonchev–Trinajstić information content (AvgIpc) is 2.23. The molecule has 0 aromatic carbocycles. The summed E-state index contributed by atoms with van der Waals surface area (Å²) in [4.78, 5) is 22.1. The molecule has 10 nitrogen and oxygen atoms in total. The van der Waals surface area contributed by atoms with E-state index in [-0.39, 0.29) is 0 Å². The van der Waals surface area contributed by atoms with Gasteiger partial charge in [0.1, 0.15) is 0 Å². The van der Waals surface area contributed by atoms with E-state index in [1.54, 1.807) is 0 Å². The molecule has 2 N–H and O–H groups in total. The van der Waals surface area contributed by atoms with Crippen molar-refractivity contribution in [3.8, 4) is 0 Å². The Labute approximate surface area is 114 Å². The maximum absolute atomic E-state index is 11.0. The van der Waals surface area contributed by atoms with Gasteiger partial charge in [-0.1, -0.05) is 0 Å². The number of hydrogen-bond donors (Lipinski definition) is 2. The van der Waals surface area contributed by atoms with E-state index in [2.05, 4.69) is 9.47 Å². The summed E-state index contributed by atoms with van der Waals surface area (Å²) >= 11 is 0. The summed E-state index contributed by atoms with van der Waals surface area (Å²) < 4.78 is 67.5. The van der Waals surface area contributed by atoms with Gasteiger partial charge in [0.25, 0.3) is 0 Å². The van der Waals surface area contributed by atoms with Crippen LogP contribution in [-0.4, -0.2) is 48.8 Å². The van der Waals surface area contributed by atoms with Crippen LogP contribution in [0.1, 0.15) is 13.8 Å². The topological polar surface area (TPSA) is 161 Å². The van der Waals surface area contributed by atoms with Crippen molar-refractivity contribution < 1.29 is 45.0 Å². The molecule has 0 rings (SSSR count). The van der Waals surface area contributed by atoms with Crippen LogP contribution in [0.15, 0.2) is 12.2 Å². The molecule has 0 saturated heterocycles. The van der Waals surface area contributed by atoms with E-state index in [1.165, 1.54) is 0 Å². The van der Waals surface area contributed by atoms with E-state index in [1.807, 2.05) is 0 Å². The van der Waals surface area contributed by atoms with Crippen LogP contribution in [0.3, 0.4) is 0 Å². The van der Waals surface area contributed by atoms with Crippen molar-refractivity contribution in [3.63, 3.8) is 0 Å². The van der Waals surface area contributed by atoms with Crippen molar-refractivity contribution in [1.29, 1.82) is 0 Å². The number of esters is 2. The second-order valence-corrected chi connectivity index (χ2v) is 6.76. The minimum absolute atomic E-state index is 0.459. The molecular weight excluding hydrogens is 320 g/mol. The predicted molar refractivity (Wildman–Crippen MR) is 63.3 cm³/mol. The molecule has 2 atom stereocenters. The SMILES string of the molecule is CC(OC(=O)/C=C/C(=O)OC(C)S(=O)(=O)O)S(=O)(=O)O. The zero-order valence-corrected chi connectivity index (χ0v) is 11.9. The highest BCUT2D eigenvalue weighted by atomic mass is 32.2. The van der Waals surface area contributed by atoms with Crippen molar-refractivity contribution in [1.82, 2.24) is 0 Å². The zero-order chi connectivity index (χ0) is 16.1. The smallest absolute Gasteiger partial charge is 0.332 e. The average molecular weight is 332 g/mol. The third-order valence-corrected chi connectivity index (χ3v) is 3.63. The first-order chi connectivity index (χ1) is 8.84. The summed E-state index contributed by atoms with van der Waals surface area (Å²) in [5, 5.41) is 0. The first kappa shape index (κ1) is 18.5.